The molecule has 0 aliphatic carbocycles. The molecule has 0 heterocycles. The lowest BCUT2D eigenvalue weighted by molar-refractivity contribution is 0.224. The Bertz CT molecular complexity index is 283. The van der Waals surface area contributed by atoms with Crippen LogP contribution in [0.1, 0.15) is 26.3 Å². The van der Waals surface area contributed by atoms with E-state index >= 15 is 0 Å². The summed E-state index contributed by atoms with van der Waals surface area (Å²) in [4.78, 5) is 2.44. The zero-order valence-electron chi connectivity index (χ0n) is 9.13. The van der Waals surface area contributed by atoms with Crippen molar-refractivity contribution in [1.82, 2.24) is 4.90 Å². The Balaban J connectivity index is 2.72. The summed E-state index contributed by atoms with van der Waals surface area (Å²) in [6.45, 7) is 8.80. The molecule has 1 rings (SSSR count). The van der Waals surface area contributed by atoms with Crippen LogP contribution in [0.4, 0.5) is 0 Å². The van der Waals surface area contributed by atoms with Crippen LogP contribution in [-0.2, 0) is 6.54 Å². The fourth-order valence-electron chi connectivity index (χ4n) is 1.50. The molecule has 2 heteroatoms. The standard InChI is InChI=1S/C12H18BrN/c1-4-14(10(2)3)9-11-7-5-6-8-12(11)13/h5-8,10H,4,9H2,1-3H3. The number of hydrogen-bond donors (Lipinski definition) is 0. The van der Waals surface area contributed by atoms with Crippen LogP contribution in [0.15, 0.2) is 28.7 Å². The van der Waals surface area contributed by atoms with Crippen LogP contribution in [0.5, 0.6) is 0 Å². The van der Waals surface area contributed by atoms with Gasteiger partial charge in [-0.15, -0.1) is 0 Å². The molecule has 0 N–H and O–H groups in total. The molecule has 0 atom stereocenters. The maximum atomic E-state index is 3.58. The highest BCUT2D eigenvalue weighted by molar-refractivity contribution is 9.10. The minimum atomic E-state index is 0.604. The molecular formula is C12H18BrN. The lowest BCUT2D eigenvalue weighted by Gasteiger charge is -2.25. The lowest BCUT2D eigenvalue weighted by Crippen LogP contribution is -2.30. The number of hydrogen-bond acceptors (Lipinski definition) is 1. The highest BCUT2D eigenvalue weighted by atomic mass is 79.9. The van der Waals surface area contributed by atoms with Crippen molar-refractivity contribution in [1.29, 1.82) is 0 Å². The van der Waals surface area contributed by atoms with Gasteiger partial charge in [0, 0.05) is 17.1 Å². The zero-order valence-corrected chi connectivity index (χ0v) is 10.7. The van der Waals surface area contributed by atoms with Gasteiger partial charge >= 0.3 is 0 Å². The van der Waals surface area contributed by atoms with Crippen LogP contribution < -0.4 is 0 Å². The summed E-state index contributed by atoms with van der Waals surface area (Å²) in [5.74, 6) is 0. The summed E-state index contributed by atoms with van der Waals surface area (Å²) in [5, 5.41) is 0. The van der Waals surface area contributed by atoms with Gasteiger partial charge in [-0.2, -0.15) is 0 Å². The Labute approximate surface area is 95.2 Å². The first kappa shape index (κ1) is 11.7. The molecule has 1 aromatic carbocycles. The van der Waals surface area contributed by atoms with E-state index in [4.69, 9.17) is 0 Å². The van der Waals surface area contributed by atoms with Crippen LogP contribution in [0.25, 0.3) is 0 Å². The maximum absolute atomic E-state index is 3.58. The molecule has 0 aromatic heterocycles. The monoisotopic (exact) mass is 255 g/mol. The van der Waals surface area contributed by atoms with Crippen LogP contribution in [0.3, 0.4) is 0 Å². The number of halogens is 1. The van der Waals surface area contributed by atoms with Gasteiger partial charge in [0.05, 0.1) is 0 Å². The molecule has 1 nitrogen and oxygen atoms in total. The second-order valence-corrected chi connectivity index (χ2v) is 4.60. The average molecular weight is 256 g/mol. The minimum Gasteiger partial charge on any atom is -0.297 e. The van der Waals surface area contributed by atoms with Crippen molar-refractivity contribution in [2.24, 2.45) is 0 Å². The van der Waals surface area contributed by atoms with E-state index in [1.54, 1.807) is 0 Å². The summed E-state index contributed by atoms with van der Waals surface area (Å²) in [5.41, 5.74) is 1.36. The maximum Gasteiger partial charge on any atom is 0.0247 e. The van der Waals surface area contributed by atoms with Gasteiger partial charge in [0.25, 0.3) is 0 Å². The first-order valence-corrected chi connectivity index (χ1v) is 5.92. The zero-order chi connectivity index (χ0) is 10.6. The molecule has 0 bridgehead atoms. The molecule has 0 amide bonds. The minimum absolute atomic E-state index is 0.604. The second-order valence-electron chi connectivity index (χ2n) is 3.75. The third kappa shape index (κ3) is 3.10. The van der Waals surface area contributed by atoms with Crippen molar-refractivity contribution in [3.8, 4) is 0 Å². The molecule has 0 unspecified atom stereocenters. The first-order chi connectivity index (χ1) is 6.65. The lowest BCUT2D eigenvalue weighted by atomic mass is 10.2. The molecule has 0 saturated carbocycles. The van der Waals surface area contributed by atoms with Crippen LogP contribution in [-0.4, -0.2) is 17.5 Å². The quantitative estimate of drug-likeness (QED) is 0.794. The third-order valence-electron chi connectivity index (χ3n) is 2.47. The molecule has 0 saturated heterocycles. The molecule has 14 heavy (non-hydrogen) atoms. The Morgan fingerprint density at radius 2 is 1.93 bits per heavy atom. The molecule has 1 aromatic rings. The highest BCUT2D eigenvalue weighted by Gasteiger charge is 2.08. The average Bonchev–Trinajstić information content (AvgIpc) is 2.16. The summed E-state index contributed by atoms with van der Waals surface area (Å²) in [6, 6.07) is 9.03. The van der Waals surface area contributed by atoms with Crippen molar-refractivity contribution in [3.05, 3.63) is 34.3 Å². The van der Waals surface area contributed by atoms with Gasteiger partial charge in [0.15, 0.2) is 0 Å². The number of benzene rings is 1. The van der Waals surface area contributed by atoms with E-state index < -0.39 is 0 Å². The summed E-state index contributed by atoms with van der Waals surface area (Å²) >= 11 is 3.58. The predicted octanol–water partition coefficient (Wildman–Crippen LogP) is 3.68. The summed E-state index contributed by atoms with van der Waals surface area (Å²) in [7, 11) is 0. The van der Waals surface area contributed by atoms with E-state index in [0.29, 0.717) is 6.04 Å². The topological polar surface area (TPSA) is 3.24 Å². The Kier molecular flexibility index (Phi) is 4.63. The van der Waals surface area contributed by atoms with Gasteiger partial charge in [-0.3, -0.25) is 4.90 Å². The van der Waals surface area contributed by atoms with Crippen molar-refractivity contribution in [2.45, 2.75) is 33.4 Å². The van der Waals surface area contributed by atoms with Gasteiger partial charge in [-0.25, -0.2) is 0 Å². The highest BCUT2D eigenvalue weighted by Crippen LogP contribution is 2.18. The van der Waals surface area contributed by atoms with Crippen LogP contribution in [0, 0.1) is 0 Å². The van der Waals surface area contributed by atoms with Crippen LogP contribution >= 0.6 is 15.9 Å². The van der Waals surface area contributed by atoms with Crippen LogP contribution in [0.2, 0.25) is 0 Å². The second kappa shape index (κ2) is 5.52. The van der Waals surface area contributed by atoms with Gasteiger partial charge in [-0.1, -0.05) is 41.1 Å². The predicted molar refractivity (Wildman–Crippen MR) is 65.4 cm³/mol. The molecule has 0 aliphatic heterocycles. The van der Waals surface area contributed by atoms with E-state index in [1.165, 1.54) is 10.0 Å². The normalized spacial score (nSPS) is 11.3. The number of rotatable bonds is 4. The molecule has 78 valence electrons. The van der Waals surface area contributed by atoms with E-state index in [2.05, 4.69) is 65.9 Å². The smallest absolute Gasteiger partial charge is 0.0247 e. The van der Waals surface area contributed by atoms with Gasteiger partial charge in [0.2, 0.25) is 0 Å². The Morgan fingerprint density at radius 1 is 1.29 bits per heavy atom. The van der Waals surface area contributed by atoms with Crippen molar-refractivity contribution in [2.75, 3.05) is 6.54 Å². The third-order valence-corrected chi connectivity index (χ3v) is 3.24. The van der Waals surface area contributed by atoms with E-state index in [1.807, 2.05) is 0 Å². The van der Waals surface area contributed by atoms with E-state index in [0.717, 1.165) is 13.1 Å². The molecule has 0 radical (unpaired) electrons. The van der Waals surface area contributed by atoms with Crippen molar-refractivity contribution in [3.63, 3.8) is 0 Å². The van der Waals surface area contributed by atoms with Gasteiger partial charge < -0.3 is 0 Å². The summed E-state index contributed by atoms with van der Waals surface area (Å²) in [6.07, 6.45) is 0. The van der Waals surface area contributed by atoms with Crippen molar-refractivity contribution >= 4 is 15.9 Å². The molecule has 0 aliphatic rings. The Hall–Kier alpha value is -0.340. The Morgan fingerprint density at radius 3 is 2.43 bits per heavy atom. The first-order valence-electron chi connectivity index (χ1n) is 5.12. The van der Waals surface area contributed by atoms with E-state index in [9.17, 15) is 0 Å². The fourth-order valence-corrected chi connectivity index (χ4v) is 1.92. The largest absolute Gasteiger partial charge is 0.297 e. The van der Waals surface area contributed by atoms with Gasteiger partial charge in [-0.05, 0) is 32.0 Å². The fraction of sp³-hybridized carbons (Fsp3) is 0.500. The summed E-state index contributed by atoms with van der Waals surface area (Å²) < 4.78 is 1.21. The molecule has 0 fully saturated rings. The number of nitrogens with zero attached hydrogens (tertiary/aromatic N) is 1. The van der Waals surface area contributed by atoms with Crippen molar-refractivity contribution < 1.29 is 0 Å². The molecule has 0 spiro atoms. The van der Waals surface area contributed by atoms with E-state index in [-0.39, 0.29) is 0 Å². The molecular weight excluding hydrogens is 238 g/mol. The SMILES string of the molecule is CCN(Cc1ccccc1Br)C(C)C. The van der Waals surface area contributed by atoms with Gasteiger partial charge in [0.1, 0.15) is 0 Å².